The molecule has 0 spiro atoms. The van der Waals surface area contributed by atoms with Gasteiger partial charge in [-0.25, -0.2) is 0 Å². The highest BCUT2D eigenvalue weighted by Gasteiger charge is 2.48. The Hall–Kier alpha value is -2.37. The maximum Gasteiger partial charge on any atom is 0.307 e. The normalized spacial score (nSPS) is 19.4. The average molecular weight is 304 g/mol. The topological polar surface area (TPSA) is 86.7 Å². The molecular formula is C16H20N2O4. The molecule has 1 aliphatic rings. The summed E-state index contributed by atoms with van der Waals surface area (Å²) in [4.78, 5) is 35.8. The number of amides is 2. The summed E-state index contributed by atoms with van der Waals surface area (Å²) in [5.41, 5.74) is 1.57. The predicted octanol–water partition coefficient (Wildman–Crippen LogP) is 0.768. The van der Waals surface area contributed by atoms with E-state index in [9.17, 15) is 14.4 Å². The minimum Gasteiger partial charge on any atom is -0.481 e. The van der Waals surface area contributed by atoms with E-state index < -0.39 is 11.9 Å². The molecule has 2 N–H and O–H groups in total. The van der Waals surface area contributed by atoms with Crippen LogP contribution in [0.4, 0.5) is 0 Å². The predicted molar refractivity (Wildman–Crippen MR) is 80.4 cm³/mol. The Bertz CT molecular complexity index is 598. The molecule has 1 fully saturated rings. The second-order valence-corrected chi connectivity index (χ2v) is 5.73. The van der Waals surface area contributed by atoms with E-state index in [1.165, 1.54) is 4.90 Å². The minimum atomic E-state index is -0.907. The number of carbonyl (C=O) groups is 3. The molecule has 22 heavy (non-hydrogen) atoms. The van der Waals surface area contributed by atoms with Crippen LogP contribution in [0.3, 0.4) is 0 Å². The van der Waals surface area contributed by atoms with Crippen LogP contribution in [0.2, 0.25) is 0 Å². The zero-order valence-corrected chi connectivity index (χ0v) is 12.7. The number of aliphatic carboxylic acids is 1. The summed E-state index contributed by atoms with van der Waals surface area (Å²) in [7, 11) is 3.40. The summed E-state index contributed by atoms with van der Waals surface area (Å²) < 4.78 is 0. The van der Waals surface area contributed by atoms with Crippen LogP contribution >= 0.6 is 0 Å². The van der Waals surface area contributed by atoms with E-state index in [1.807, 2.05) is 18.2 Å². The number of nitrogens with zero attached hydrogens (tertiary/aromatic N) is 1. The molecule has 118 valence electrons. The van der Waals surface area contributed by atoms with Gasteiger partial charge in [-0.1, -0.05) is 12.1 Å². The fourth-order valence-electron chi connectivity index (χ4n) is 2.34. The third-order valence-electron chi connectivity index (χ3n) is 3.74. The standard InChI is InChI=1S/C16H20N2O4/c1-18(2)15(20)11-5-3-4-10(8-11)6-7-17-14(19)12-9-13(12)16(21)22/h3-5,8,12-13H,6-7,9H2,1-2H3,(H,17,19)(H,21,22). The van der Waals surface area contributed by atoms with Gasteiger partial charge in [0.15, 0.2) is 0 Å². The van der Waals surface area contributed by atoms with Crippen LogP contribution < -0.4 is 5.32 Å². The van der Waals surface area contributed by atoms with Gasteiger partial charge in [-0.05, 0) is 30.5 Å². The van der Waals surface area contributed by atoms with Gasteiger partial charge in [0.25, 0.3) is 5.91 Å². The maximum atomic E-state index is 11.9. The van der Waals surface area contributed by atoms with E-state index in [4.69, 9.17) is 5.11 Å². The van der Waals surface area contributed by atoms with Crippen LogP contribution in [0.1, 0.15) is 22.3 Å². The second-order valence-electron chi connectivity index (χ2n) is 5.73. The SMILES string of the molecule is CN(C)C(=O)c1cccc(CCNC(=O)C2CC2C(=O)O)c1. The van der Waals surface area contributed by atoms with Crippen LogP contribution in [0, 0.1) is 11.8 Å². The summed E-state index contributed by atoms with van der Waals surface area (Å²) in [5, 5.41) is 11.5. The Morgan fingerprint density at radius 2 is 2.00 bits per heavy atom. The van der Waals surface area contributed by atoms with Gasteiger partial charge in [0.05, 0.1) is 11.8 Å². The lowest BCUT2D eigenvalue weighted by atomic mass is 10.1. The van der Waals surface area contributed by atoms with Crippen LogP contribution in [-0.2, 0) is 16.0 Å². The number of benzene rings is 1. The average Bonchev–Trinajstić information content (AvgIpc) is 3.27. The van der Waals surface area contributed by atoms with E-state index in [0.29, 0.717) is 24.9 Å². The van der Waals surface area contributed by atoms with Crippen molar-refractivity contribution in [2.24, 2.45) is 11.8 Å². The number of nitrogens with one attached hydrogen (secondary N) is 1. The van der Waals surface area contributed by atoms with Crippen molar-refractivity contribution in [1.82, 2.24) is 10.2 Å². The molecule has 0 aromatic heterocycles. The van der Waals surface area contributed by atoms with Gasteiger partial charge in [-0.15, -0.1) is 0 Å². The molecule has 2 rings (SSSR count). The minimum absolute atomic E-state index is 0.0619. The Balaban J connectivity index is 1.82. The molecule has 0 aliphatic heterocycles. The van der Waals surface area contributed by atoms with Gasteiger partial charge in [-0.2, -0.15) is 0 Å². The number of hydrogen-bond acceptors (Lipinski definition) is 3. The Kier molecular flexibility index (Phi) is 4.80. The van der Waals surface area contributed by atoms with E-state index in [2.05, 4.69) is 5.32 Å². The zero-order valence-electron chi connectivity index (χ0n) is 12.7. The van der Waals surface area contributed by atoms with Crippen LogP contribution in [0.15, 0.2) is 24.3 Å². The molecular weight excluding hydrogens is 284 g/mol. The van der Waals surface area contributed by atoms with Gasteiger partial charge >= 0.3 is 5.97 Å². The molecule has 0 bridgehead atoms. The summed E-state index contributed by atoms with van der Waals surface area (Å²) >= 11 is 0. The quantitative estimate of drug-likeness (QED) is 0.812. The highest BCUT2D eigenvalue weighted by atomic mass is 16.4. The third kappa shape index (κ3) is 3.84. The van der Waals surface area contributed by atoms with E-state index >= 15 is 0 Å². The number of rotatable bonds is 6. The number of hydrogen-bond donors (Lipinski definition) is 2. The van der Waals surface area contributed by atoms with Gasteiger partial charge in [-0.3, -0.25) is 14.4 Å². The number of carbonyl (C=O) groups excluding carboxylic acids is 2. The van der Waals surface area contributed by atoms with Crippen molar-refractivity contribution in [3.63, 3.8) is 0 Å². The highest BCUT2D eigenvalue weighted by molar-refractivity contribution is 5.94. The first-order valence-corrected chi connectivity index (χ1v) is 7.21. The van der Waals surface area contributed by atoms with Crippen molar-refractivity contribution in [2.75, 3.05) is 20.6 Å². The number of carboxylic acids is 1. The largest absolute Gasteiger partial charge is 0.481 e. The highest BCUT2D eigenvalue weighted by Crippen LogP contribution is 2.38. The van der Waals surface area contributed by atoms with Crippen molar-refractivity contribution in [3.05, 3.63) is 35.4 Å². The summed E-state index contributed by atoms with van der Waals surface area (Å²) in [6.45, 7) is 0.432. The van der Waals surface area contributed by atoms with Gasteiger partial charge in [0.2, 0.25) is 5.91 Å². The third-order valence-corrected chi connectivity index (χ3v) is 3.74. The lowest BCUT2D eigenvalue weighted by Gasteiger charge is -2.11. The van der Waals surface area contributed by atoms with Gasteiger partial charge in [0, 0.05) is 26.2 Å². The molecule has 0 saturated heterocycles. The molecule has 1 saturated carbocycles. The number of carboxylic acid groups (broad SMARTS) is 1. The monoisotopic (exact) mass is 304 g/mol. The molecule has 0 radical (unpaired) electrons. The van der Waals surface area contributed by atoms with Crippen LogP contribution in [0.25, 0.3) is 0 Å². The van der Waals surface area contributed by atoms with Crippen molar-refractivity contribution in [1.29, 1.82) is 0 Å². The molecule has 1 aromatic carbocycles. The van der Waals surface area contributed by atoms with Crippen molar-refractivity contribution in [3.8, 4) is 0 Å². The molecule has 2 atom stereocenters. The fourth-order valence-corrected chi connectivity index (χ4v) is 2.34. The first kappa shape index (κ1) is 16.0. The summed E-state index contributed by atoms with van der Waals surface area (Å²) in [5.74, 6) is -2.09. The van der Waals surface area contributed by atoms with Gasteiger partial charge in [0.1, 0.15) is 0 Å². The molecule has 6 heteroatoms. The molecule has 2 amide bonds. The first-order valence-electron chi connectivity index (χ1n) is 7.21. The molecule has 6 nitrogen and oxygen atoms in total. The summed E-state index contributed by atoms with van der Waals surface area (Å²) in [6.07, 6.45) is 1.03. The van der Waals surface area contributed by atoms with E-state index in [0.717, 1.165) is 5.56 Å². The van der Waals surface area contributed by atoms with E-state index in [1.54, 1.807) is 20.2 Å². The second kappa shape index (κ2) is 6.60. The van der Waals surface area contributed by atoms with Crippen molar-refractivity contribution in [2.45, 2.75) is 12.8 Å². The van der Waals surface area contributed by atoms with E-state index in [-0.39, 0.29) is 17.7 Å². The molecule has 0 heterocycles. The first-order chi connectivity index (χ1) is 10.4. The Labute approximate surface area is 129 Å². The van der Waals surface area contributed by atoms with Crippen molar-refractivity contribution >= 4 is 17.8 Å². The van der Waals surface area contributed by atoms with Crippen LogP contribution in [0.5, 0.6) is 0 Å². The molecule has 2 unspecified atom stereocenters. The Morgan fingerprint density at radius 1 is 1.27 bits per heavy atom. The fraction of sp³-hybridized carbons (Fsp3) is 0.438. The summed E-state index contributed by atoms with van der Waals surface area (Å²) in [6, 6.07) is 7.28. The van der Waals surface area contributed by atoms with Crippen molar-refractivity contribution < 1.29 is 19.5 Å². The maximum absolute atomic E-state index is 11.9. The van der Waals surface area contributed by atoms with Crippen LogP contribution in [-0.4, -0.2) is 48.4 Å². The smallest absolute Gasteiger partial charge is 0.307 e. The lowest BCUT2D eigenvalue weighted by molar-refractivity contribution is -0.140. The lowest BCUT2D eigenvalue weighted by Crippen LogP contribution is -2.28. The molecule has 1 aliphatic carbocycles. The van der Waals surface area contributed by atoms with Gasteiger partial charge < -0.3 is 15.3 Å². The Morgan fingerprint density at radius 3 is 2.59 bits per heavy atom. The zero-order chi connectivity index (χ0) is 16.3. The molecule has 1 aromatic rings.